The molecule has 0 aromatic heterocycles. The molecule has 6 atom stereocenters. The molecule has 1 aromatic carbocycles. The standard InChI is InChI=1S/C29H46O6/c1-4-7-10-11-12-16-21-32-29-27(31-20-9-6-3)26(30-19-8-5-2)25-24(34-29)22-33-28(35-25)23-17-14-13-15-18-23/h4,13-15,17-18,24-29H,1,5-12,16,19-22H2,2-3H3/t24?,25-,26?,27?,28?,29-/m1/s1. The van der Waals surface area contributed by atoms with Crippen molar-refractivity contribution in [3.8, 4) is 0 Å². The molecule has 4 unspecified atom stereocenters. The zero-order valence-corrected chi connectivity index (χ0v) is 21.8. The van der Waals surface area contributed by atoms with E-state index in [9.17, 15) is 0 Å². The fraction of sp³-hybridized carbons (Fsp3) is 0.724. The molecule has 0 spiro atoms. The first-order chi connectivity index (χ1) is 17.3. The van der Waals surface area contributed by atoms with Gasteiger partial charge in [-0.15, -0.1) is 6.58 Å². The van der Waals surface area contributed by atoms with Crippen LogP contribution in [0, 0.1) is 0 Å². The van der Waals surface area contributed by atoms with Crippen LogP contribution in [-0.4, -0.2) is 57.1 Å². The third-order valence-electron chi connectivity index (χ3n) is 6.56. The lowest BCUT2D eigenvalue weighted by Gasteiger charge is -2.49. The third kappa shape index (κ3) is 8.96. The van der Waals surface area contributed by atoms with Crippen LogP contribution < -0.4 is 0 Å². The smallest absolute Gasteiger partial charge is 0.186 e. The van der Waals surface area contributed by atoms with Crippen LogP contribution in [0.5, 0.6) is 0 Å². The van der Waals surface area contributed by atoms with E-state index in [1.165, 1.54) is 12.8 Å². The van der Waals surface area contributed by atoms with Crippen LogP contribution in [-0.2, 0) is 28.4 Å². The van der Waals surface area contributed by atoms with E-state index < -0.39 is 12.6 Å². The van der Waals surface area contributed by atoms with Crippen molar-refractivity contribution in [1.29, 1.82) is 0 Å². The van der Waals surface area contributed by atoms with Crippen molar-refractivity contribution >= 4 is 0 Å². The zero-order chi connectivity index (χ0) is 24.7. The lowest BCUT2D eigenvalue weighted by molar-refractivity contribution is -0.370. The average molecular weight is 491 g/mol. The SMILES string of the molecule is C=CCCCCCCO[C@@H]1OC2COC(c3ccccc3)O[C@H]2C(OCCCC)C1OCCCC. The maximum absolute atomic E-state index is 6.47. The highest BCUT2D eigenvalue weighted by Gasteiger charge is 2.51. The van der Waals surface area contributed by atoms with Gasteiger partial charge >= 0.3 is 0 Å². The summed E-state index contributed by atoms with van der Waals surface area (Å²) in [6, 6.07) is 10.0. The molecule has 2 heterocycles. The molecule has 0 saturated carbocycles. The summed E-state index contributed by atoms with van der Waals surface area (Å²) in [5.41, 5.74) is 0.997. The number of unbranched alkanes of at least 4 members (excludes halogenated alkanes) is 6. The highest BCUT2D eigenvalue weighted by atomic mass is 16.8. The van der Waals surface area contributed by atoms with Gasteiger partial charge < -0.3 is 28.4 Å². The molecule has 0 amide bonds. The minimum absolute atomic E-state index is 0.259. The summed E-state index contributed by atoms with van der Waals surface area (Å²) < 4.78 is 38.0. The first-order valence-electron chi connectivity index (χ1n) is 13.7. The molecule has 2 fully saturated rings. The zero-order valence-electron chi connectivity index (χ0n) is 21.8. The average Bonchev–Trinajstić information content (AvgIpc) is 2.89. The van der Waals surface area contributed by atoms with Gasteiger partial charge in [0.2, 0.25) is 0 Å². The van der Waals surface area contributed by atoms with Crippen LogP contribution in [0.1, 0.15) is 83.5 Å². The summed E-state index contributed by atoms with van der Waals surface area (Å²) in [6.07, 6.45) is 9.58. The first kappa shape index (κ1) is 28.3. The molecule has 6 heteroatoms. The van der Waals surface area contributed by atoms with Crippen molar-refractivity contribution < 1.29 is 28.4 Å². The van der Waals surface area contributed by atoms with Gasteiger partial charge in [0.05, 0.1) is 6.61 Å². The second kappa shape index (κ2) is 16.5. The normalized spacial score (nSPS) is 28.5. The fourth-order valence-corrected chi connectivity index (χ4v) is 4.50. The Balaban J connectivity index is 1.68. The Kier molecular flexibility index (Phi) is 13.3. The van der Waals surface area contributed by atoms with Crippen LogP contribution in [0.4, 0.5) is 0 Å². The molecule has 0 aliphatic carbocycles. The maximum Gasteiger partial charge on any atom is 0.186 e. The Labute approximate surface area is 212 Å². The van der Waals surface area contributed by atoms with E-state index in [-0.39, 0.29) is 24.4 Å². The lowest BCUT2D eigenvalue weighted by atomic mass is 9.97. The molecule has 3 rings (SSSR count). The molecule has 198 valence electrons. The van der Waals surface area contributed by atoms with Crippen LogP contribution >= 0.6 is 0 Å². The predicted molar refractivity (Wildman–Crippen MR) is 137 cm³/mol. The van der Waals surface area contributed by atoms with Crippen molar-refractivity contribution in [2.45, 2.75) is 109 Å². The Bertz CT molecular complexity index is 683. The van der Waals surface area contributed by atoms with Gasteiger partial charge in [0.15, 0.2) is 12.6 Å². The molecule has 0 bridgehead atoms. The van der Waals surface area contributed by atoms with Crippen molar-refractivity contribution in [1.82, 2.24) is 0 Å². The molecule has 6 nitrogen and oxygen atoms in total. The second-order valence-corrected chi connectivity index (χ2v) is 9.46. The van der Waals surface area contributed by atoms with E-state index in [2.05, 4.69) is 20.4 Å². The van der Waals surface area contributed by atoms with Gasteiger partial charge in [-0.2, -0.15) is 0 Å². The molecule has 0 N–H and O–H groups in total. The van der Waals surface area contributed by atoms with E-state index >= 15 is 0 Å². The molecule has 2 saturated heterocycles. The van der Waals surface area contributed by atoms with E-state index in [4.69, 9.17) is 28.4 Å². The van der Waals surface area contributed by atoms with Gasteiger partial charge in [-0.05, 0) is 32.1 Å². The number of benzene rings is 1. The summed E-state index contributed by atoms with van der Waals surface area (Å²) >= 11 is 0. The monoisotopic (exact) mass is 490 g/mol. The minimum Gasteiger partial charge on any atom is -0.372 e. The van der Waals surface area contributed by atoms with Crippen molar-refractivity contribution in [3.63, 3.8) is 0 Å². The summed E-state index contributed by atoms with van der Waals surface area (Å²) in [5.74, 6) is 0. The van der Waals surface area contributed by atoms with Gasteiger partial charge in [-0.25, -0.2) is 0 Å². The van der Waals surface area contributed by atoms with E-state index in [1.54, 1.807) is 0 Å². The Hall–Kier alpha value is -1.28. The summed E-state index contributed by atoms with van der Waals surface area (Å²) in [4.78, 5) is 0. The highest BCUT2D eigenvalue weighted by molar-refractivity contribution is 5.16. The summed E-state index contributed by atoms with van der Waals surface area (Å²) in [6.45, 7) is 10.5. The van der Waals surface area contributed by atoms with Crippen molar-refractivity contribution in [2.24, 2.45) is 0 Å². The van der Waals surface area contributed by atoms with Gasteiger partial charge in [-0.1, -0.05) is 75.9 Å². The molecule has 2 aliphatic rings. The number of allylic oxidation sites excluding steroid dienone is 1. The van der Waals surface area contributed by atoms with Gasteiger partial charge in [0.25, 0.3) is 0 Å². The van der Waals surface area contributed by atoms with Crippen LogP contribution in [0.25, 0.3) is 0 Å². The molecular formula is C29H46O6. The number of fused-ring (bicyclic) bond motifs is 1. The summed E-state index contributed by atoms with van der Waals surface area (Å²) in [5, 5.41) is 0. The van der Waals surface area contributed by atoms with E-state index in [0.717, 1.165) is 50.5 Å². The van der Waals surface area contributed by atoms with Crippen molar-refractivity contribution in [2.75, 3.05) is 26.4 Å². The van der Waals surface area contributed by atoms with Gasteiger partial charge in [-0.3, -0.25) is 0 Å². The topological polar surface area (TPSA) is 55.4 Å². The largest absolute Gasteiger partial charge is 0.372 e. The Morgan fingerprint density at radius 3 is 2.23 bits per heavy atom. The molecular weight excluding hydrogens is 444 g/mol. The van der Waals surface area contributed by atoms with Crippen LogP contribution in [0.2, 0.25) is 0 Å². The highest BCUT2D eigenvalue weighted by Crippen LogP contribution is 2.37. The van der Waals surface area contributed by atoms with Gasteiger partial charge in [0, 0.05) is 25.4 Å². The van der Waals surface area contributed by atoms with Gasteiger partial charge in [0.1, 0.15) is 24.4 Å². The first-order valence-corrected chi connectivity index (χ1v) is 13.7. The molecule has 35 heavy (non-hydrogen) atoms. The summed E-state index contributed by atoms with van der Waals surface area (Å²) in [7, 11) is 0. The second-order valence-electron chi connectivity index (χ2n) is 9.46. The molecule has 1 aromatic rings. The Morgan fingerprint density at radius 1 is 0.829 bits per heavy atom. The molecule has 0 radical (unpaired) electrons. The maximum atomic E-state index is 6.47. The lowest BCUT2D eigenvalue weighted by Crippen LogP contribution is -2.63. The third-order valence-corrected chi connectivity index (χ3v) is 6.56. The Morgan fingerprint density at radius 2 is 1.51 bits per heavy atom. The number of hydrogen-bond donors (Lipinski definition) is 0. The van der Waals surface area contributed by atoms with Crippen LogP contribution in [0.3, 0.4) is 0 Å². The van der Waals surface area contributed by atoms with Crippen LogP contribution in [0.15, 0.2) is 43.0 Å². The van der Waals surface area contributed by atoms with E-state index in [0.29, 0.717) is 26.4 Å². The van der Waals surface area contributed by atoms with E-state index in [1.807, 2.05) is 36.4 Å². The molecule has 2 aliphatic heterocycles. The van der Waals surface area contributed by atoms with Crippen molar-refractivity contribution in [3.05, 3.63) is 48.6 Å². The number of hydrogen-bond acceptors (Lipinski definition) is 6. The number of rotatable bonds is 17. The number of ether oxygens (including phenoxy) is 6. The minimum atomic E-state index is -0.492. The quantitative estimate of drug-likeness (QED) is 0.187. The fourth-order valence-electron chi connectivity index (χ4n) is 4.50. The predicted octanol–water partition coefficient (Wildman–Crippen LogP) is 6.35.